The fourth-order valence-corrected chi connectivity index (χ4v) is 3.83. The van der Waals surface area contributed by atoms with Crippen molar-refractivity contribution < 1.29 is 4.79 Å². The normalized spacial score (nSPS) is 33.9. The van der Waals surface area contributed by atoms with Crippen LogP contribution in [0.3, 0.4) is 0 Å². The Hall–Kier alpha value is -1.35. The van der Waals surface area contributed by atoms with Gasteiger partial charge in [0.25, 0.3) is 5.91 Å². The number of carbonyl (C=O) groups is 1. The average molecular weight is 242 g/mol. The van der Waals surface area contributed by atoms with Crippen LogP contribution in [0, 0.1) is 5.92 Å². The highest BCUT2D eigenvalue weighted by Crippen LogP contribution is 2.35. The van der Waals surface area contributed by atoms with Gasteiger partial charge >= 0.3 is 0 Å². The monoisotopic (exact) mass is 242 g/mol. The summed E-state index contributed by atoms with van der Waals surface area (Å²) in [5, 5.41) is 0. The lowest BCUT2D eigenvalue weighted by Gasteiger charge is -2.48. The van der Waals surface area contributed by atoms with Crippen LogP contribution in [0.15, 0.2) is 24.3 Å². The Balaban J connectivity index is 1.63. The molecule has 0 spiro atoms. The summed E-state index contributed by atoms with van der Waals surface area (Å²) in [5.41, 5.74) is 2.13. The molecule has 2 bridgehead atoms. The number of fused-ring (bicyclic) bond motifs is 4. The lowest BCUT2D eigenvalue weighted by Crippen LogP contribution is -2.57. The molecule has 1 aromatic rings. The highest BCUT2D eigenvalue weighted by molar-refractivity contribution is 5.98. The van der Waals surface area contributed by atoms with Crippen molar-refractivity contribution in [2.75, 3.05) is 19.6 Å². The van der Waals surface area contributed by atoms with Gasteiger partial charge in [-0.3, -0.25) is 4.79 Å². The van der Waals surface area contributed by atoms with Gasteiger partial charge in [-0.25, -0.2) is 0 Å². The second kappa shape index (κ2) is 3.82. The van der Waals surface area contributed by atoms with Gasteiger partial charge in [-0.05, 0) is 43.5 Å². The van der Waals surface area contributed by atoms with Crippen LogP contribution in [-0.2, 0) is 6.54 Å². The molecule has 94 valence electrons. The predicted molar refractivity (Wildman–Crippen MR) is 69.3 cm³/mol. The minimum absolute atomic E-state index is 0.254. The van der Waals surface area contributed by atoms with Gasteiger partial charge in [-0.15, -0.1) is 0 Å². The van der Waals surface area contributed by atoms with E-state index in [9.17, 15) is 4.79 Å². The molecule has 18 heavy (non-hydrogen) atoms. The fourth-order valence-electron chi connectivity index (χ4n) is 3.83. The van der Waals surface area contributed by atoms with Crippen LogP contribution < -0.4 is 0 Å². The van der Waals surface area contributed by atoms with Crippen LogP contribution in [0.4, 0.5) is 0 Å². The molecule has 1 amide bonds. The molecule has 1 atom stereocenters. The van der Waals surface area contributed by atoms with E-state index in [4.69, 9.17) is 0 Å². The molecule has 3 nitrogen and oxygen atoms in total. The van der Waals surface area contributed by atoms with E-state index in [0.29, 0.717) is 6.04 Å². The molecule has 1 unspecified atom stereocenters. The van der Waals surface area contributed by atoms with Crippen molar-refractivity contribution in [3.8, 4) is 0 Å². The van der Waals surface area contributed by atoms with E-state index in [0.717, 1.165) is 24.6 Å². The van der Waals surface area contributed by atoms with Crippen molar-refractivity contribution in [3.63, 3.8) is 0 Å². The molecule has 3 saturated heterocycles. The van der Waals surface area contributed by atoms with E-state index >= 15 is 0 Å². The molecule has 4 aliphatic heterocycles. The first kappa shape index (κ1) is 10.6. The van der Waals surface area contributed by atoms with Crippen molar-refractivity contribution in [3.05, 3.63) is 35.4 Å². The van der Waals surface area contributed by atoms with Gasteiger partial charge in [0.15, 0.2) is 0 Å². The molecule has 1 aromatic carbocycles. The molecule has 4 aliphatic rings. The zero-order chi connectivity index (χ0) is 12.1. The predicted octanol–water partition coefficient (Wildman–Crippen LogP) is 1.74. The summed E-state index contributed by atoms with van der Waals surface area (Å²) in [5.74, 6) is 0.984. The molecular weight excluding hydrogens is 224 g/mol. The molecule has 4 heterocycles. The Morgan fingerprint density at radius 2 is 1.89 bits per heavy atom. The van der Waals surface area contributed by atoms with Crippen molar-refractivity contribution in [1.29, 1.82) is 0 Å². The second-order valence-electron chi connectivity index (χ2n) is 5.80. The van der Waals surface area contributed by atoms with Crippen LogP contribution >= 0.6 is 0 Å². The minimum atomic E-state index is 0.254. The maximum Gasteiger partial charge on any atom is 0.254 e. The highest BCUT2D eigenvalue weighted by atomic mass is 16.2. The van der Waals surface area contributed by atoms with E-state index in [1.807, 2.05) is 18.2 Å². The van der Waals surface area contributed by atoms with E-state index in [1.165, 1.54) is 31.5 Å². The number of nitrogens with zero attached hydrogens (tertiary/aromatic N) is 2. The van der Waals surface area contributed by atoms with Gasteiger partial charge in [0.05, 0.1) is 0 Å². The Labute approximate surface area is 107 Å². The van der Waals surface area contributed by atoms with E-state index < -0.39 is 0 Å². The quantitative estimate of drug-likeness (QED) is 0.749. The van der Waals surface area contributed by atoms with Gasteiger partial charge < -0.3 is 9.80 Å². The maximum absolute atomic E-state index is 12.5. The number of amides is 1. The first-order valence-electron chi connectivity index (χ1n) is 6.94. The second-order valence-corrected chi connectivity index (χ2v) is 5.80. The number of hydrogen-bond donors (Lipinski definition) is 0. The van der Waals surface area contributed by atoms with Crippen molar-refractivity contribution in [1.82, 2.24) is 9.80 Å². The van der Waals surface area contributed by atoms with Gasteiger partial charge in [-0.2, -0.15) is 0 Å². The molecule has 0 N–H and O–H groups in total. The third kappa shape index (κ3) is 1.43. The topological polar surface area (TPSA) is 23.6 Å². The number of benzene rings is 1. The molecule has 0 saturated carbocycles. The zero-order valence-corrected chi connectivity index (χ0v) is 10.5. The number of rotatable bonds is 1. The Kier molecular flexibility index (Phi) is 2.24. The van der Waals surface area contributed by atoms with Crippen LogP contribution in [-0.4, -0.2) is 41.4 Å². The van der Waals surface area contributed by atoms with E-state index in [2.05, 4.69) is 15.9 Å². The summed E-state index contributed by atoms with van der Waals surface area (Å²) >= 11 is 0. The summed E-state index contributed by atoms with van der Waals surface area (Å²) < 4.78 is 0. The minimum Gasteiger partial charge on any atom is -0.330 e. The Morgan fingerprint density at radius 3 is 2.56 bits per heavy atom. The first-order valence-corrected chi connectivity index (χ1v) is 6.94. The summed E-state index contributed by atoms with van der Waals surface area (Å²) in [4.78, 5) is 17.1. The first-order chi connectivity index (χ1) is 8.83. The Morgan fingerprint density at radius 1 is 1.11 bits per heavy atom. The van der Waals surface area contributed by atoms with Crippen LogP contribution in [0.25, 0.3) is 0 Å². The third-order valence-electron chi connectivity index (χ3n) is 4.87. The highest BCUT2D eigenvalue weighted by Gasteiger charge is 2.41. The largest absolute Gasteiger partial charge is 0.330 e. The van der Waals surface area contributed by atoms with Gasteiger partial charge in [0.1, 0.15) is 0 Å². The lowest BCUT2D eigenvalue weighted by molar-refractivity contribution is 0.00846. The maximum atomic E-state index is 12.5. The average Bonchev–Trinajstić information content (AvgIpc) is 2.78. The van der Waals surface area contributed by atoms with Crippen LogP contribution in [0.2, 0.25) is 0 Å². The summed E-state index contributed by atoms with van der Waals surface area (Å²) in [6.45, 7) is 4.38. The molecule has 0 aliphatic carbocycles. The number of hydrogen-bond acceptors (Lipinski definition) is 2. The summed E-state index contributed by atoms with van der Waals surface area (Å²) in [7, 11) is 0. The standard InChI is InChI=1S/C15H18N2O/c18-15-13-4-2-1-3-12(13)9-17(15)14-10-16-7-5-11(14)6-8-16/h1-4,11,14H,5-10H2. The van der Waals surface area contributed by atoms with Crippen LogP contribution in [0.5, 0.6) is 0 Å². The lowest BCUT2D eigenvalue weighted by atomic mass is 9.83. The molecule has 3 fully saturated rings. The van der Waals surface area contributed by atoms with Crippen molar-refractivity contribution in [2.45, 2.75) is 25.4 Å². The number of piperidine rings is 3. The molecule has 0 aromatic heterocycles. The summed E-state index contributed by atoms with van der Waals surface area (Å²) in [6.07, 6.45) is 2.54. The van der Waals surface area contributed by atoms with Crippen molar-refractivity contribution >= 4 is 5.91 Å². The van der Waals surface area contributed by atoms with Gasteiger partial charge in [0, 0.05) is 24.7 Å². The van der Waals surface area contributed by atoms with E-state index in [-0.39, 0.29) is 5.91 Å². The fraction of sp³-hybridized carbons (Fsp3) is 0.533. The van der Waals surface area contributed by atoms with Crippen LogP contribution in [0.1, 0.15) is 28.8 Å². The molecular formula is C15H18N2O. The van der Waals surface area contributed by atoms with Gasteiger partial charge in [-0.1, -0.05) is 18.2 Å². The molecule has 3 heteroatoms. The molecule has 5 rings (SSSR count). The van der Waals surface area contributed by atoms with Gasteiger partial charge in [0.2, 0.25) is 0 Å². The number of carbonyl (C=O) groups excluding carboxylic acids is 1. The third-order valence-corrected chi connectivity index (χ3v) is 4.87. The van der Waals surface area contributed by atoms with Crippen molar-refractivity contribution in [2.24, 2.45) is 5.92 Å². The molecule has 0 radical (unpaired) electrons. The summed E-state index contributed by atoms with van der Waals surface area (Å²) in [6, 6.07) is 8.52. The zero-order valence-electron chi connectivity index (χ0n) is 10.5. The SMILES string of the molecule is O=C1c2ccccc2CN1C1CN2CCC1CC2. The smallest absolute Gasteiger partial charge is 0.254 e. The van der Waals surface area contributed by atoms with E-state index in [1.54, 1.807) is 0 Å². The Bertz CT molecular complexity index is 491.